The van der Waals surface area contributed by atoms with E-state index in [-0.39, 0.29) is 41.1 Å². The second kappa shape index (κ2) is 11.1. The predicted molar refractivity (Wildman–Crippen MR) is 139 cm³/mol. The Morgan fingerprint density at radius 3 is 2.65 bits per heavy atom. The van der Waals surface area contributed by atoms with Crippen LogP contribution in [0.25, 0.3) is 10.9 Å². The van der Waals surface area contributed by atoms with E-state index in [1.807, 2.05) is 0 Å². The van der Waals surface area contributed by atoms with Crippen LogP contribution in [0.15, 0.2) is 30.6 Å². The van der Waals surface area contributed by atoms with Gasteiger partial charge in [-0.25, -0.2) is 19.2 Å². The number of aliphatic hydroxyl groups excluding tert-OH is 1. The lowest BCUT2D eigenvalue weighted by Gasteiger charge is -2.36. The smallest absolute Gasteiger partial charge is 0.407 e. The number of rotatable bonds is 8. The maximum absolute atomic E-state index is 14.6. The van der Waals surface area contributed by atoms with Crippen molar-refractivity contribution in [3.8, 4) is 11.5 Å². The summed E-state index contributed by atoms with van der Waals surface area (Å²) >= 11 is 11.8. The third-order valence-electron chi connectivity index (χ3n) is 5.45. The summed E-state index contributed by atoms with van der Waals surface area (Å²) < 4.78 is 31.8. The van der Waals surface area contributed by atoms with Gasteiger partial charge in [-0.1, -0.05) is 23.2 Å². The first-order chi connectivity index (χ1) is 17.5. The van der Waals surface area contributed by atoms with Crippen LogP contribution in [0.3, 0.4) is 0 Å². The molecule has 0 saturated heterocycles. The molecule has 0 bridgehead atoms. The molecule has 1 aliphatic carbocycles. The minimum absolute atomic E-state index is 0.0556. The van der Waals surface area contributed by atoms with Crippen LogP contribution in [0.4, 0.5) is 20.7 Å². The number of ether oxygens (including phenoxy) is 3. The van der Waals surface area contributed by atoms with Gasteiger partial charge in [0.15, 0.2) is 17.3 Å². The summed E-state index contributed by atoms with van der Waals surface area (Å²) in [7, 11) is 0. The van der Waals surface area contributed by atoms with Gasteiger partial charge in [0.1, 0.15) is 30.5 Å². The van der Waals surface area contributed by atoms with Crippen LogP contribution in [-0.2, 0) is 4.74 Å². The van der Waals surface area contributed by atoms with Crippen LogP contribution in [-0.4, -0.2) is 52.1 Å². The molecular formula is C25H27Cl2FN4O5. The van der Waals surface area contributed by atoms with Crippen LogP contribution in [0.2, 0.25) is 10.0 Å². The average molecular weight is 553 g/mol. The van der Waals surface area contributed by atoms with Crippen molar-refractivity contribution in [1.82, 2.24) is 15.3 Å². The number of hydrogen-bond donors (Lipinski definition) is 3. The van der Waals surface area contributed by atoms with E-state index in [1.54, 1.807) is 32.9 Å². The molecule has 0 unspecified atom stereocenters. The molecule has 198 valence electrons. The molecule has 1 heterocycles. The predicted octanol–water partition coefficient (Wildman–Crippen LogP) is 5.62. The van der Waals surface area contributed by atoms with Gasteiger partial charge >= 0.3 is 6.09 Å². The van der Waals surface area contributed by atoms with E-state index in [0.717, 1.165) is 0 Å². The van der Waals surface area contributed by atoms with Crippen LogP contribution in [0.5, 0.6) is 11.5 Å². The molecule has 3 N–H and O–H groups in total. The van der Waals surface area contributed by atoms with Crippen molar-refractivity contribution < 1.29 is 28.5 Å². The molecular weight excluding hydrogens is 526 g/mol. The first-order valence-electron chi connectivity index (χ1n) is 11.6. The molecule has 4 rings (SSSR count). The monoisotopic (exact) mass is 552 g/mol. The lowest BCUT2D eigenvalue weighted by Crippen LogP contribution is -2.50. The molecule has 1 fully saturated rings. The number of benzene rings is 2. The van der Waals surface area contributed by atoms with Gasteiger partial charge in [0.05, 0.1) is 27.9 Å². The minimum atomic E-state index is -0.710. The minimum Gasteiger partial charge on any atom is -0.487 e. The number of nitrogens with zero attached hydrogens (tertiary/aromatic N) is 2. The number of amides is 1. The fraction of sp³-hybridized carbons (Fsp3) is 0.400. The van der Waals surface area contributed by atoms with E-state index in [9.17, 15) is 14.3 Å². The fourth-order valence-electron chi connectivity index (χ4n) is 3.71. The van der Waals surface area contributed by atoms with Crippen LogP contribution in [0, 0.1) is 5.82 Å². The van der Waals surface area contributed by atoms with Crippen molar-refractivity contribution in [2.45, 2.75) is 51.4 Å². The van der Waals surface area contributed by atoms with Gasteiger partial charge in [0, 0.05) is 30.3 Å². The van der Waals surface area contributed by atoms with Crippen molar-refractivity contribution in [3.05, 3.63) is 46.5 Å². The molecule has 37 heavy (non-hydrogen) atoms. The largest absolute Gasteiger partial charge is 0.487 e. The zero-order valence-electron chi connectivity index (χ0n) is 20.5. The number of aliphatic hydroxyl groups is 1. The number of fused-ring (bicyclic) bond motifs is 1. The topological polar surface area (TPSA) is 115 Å². The van der Waals surface area contributed by atoms with E-state index in [2.05, 4.69) is 20.6 Å². The lowest BCUT2D eigenvalue weighted by molar-refractivity contribution is 0.0356. The molecule has 12 heteroatoms. The third-order valence-corrected chi connectivity index (χ3v) is 6.23. The molecule has 9 nitrogen and oxygen atoms in total. The number of alkyl carbamates (subject to hydrolysis) is 1. The normalized spacial score (nSPS) is 17.2. The van der Waals surface area contributed by atoms with E-state index >= 15 is 0 Å². The van der Waals surface area contributed by atoms with Gasteiger partial charge in [-0.15, -0.1) is 0 Å². The number of aromatic nitrogens is 2. The van der Waals surface area contributed by atoms with Crippen molar-refractivity contribution in [1.29, 1.82) is 0 Å². The third kappa shape index (κ3) is 6.63. The van der Waals surface area contributed by atoms with Gasteiger partial charge in [0.2, 0.25) is 0 Å². The van der Waals surface area contributed by atoms with Gasteiger partial charge in [0.25, 0.3) is 0 Å². The van der Waals surface area contributed by atoms with E-state index in [1.165, 1.54) is 18.5 Å². The Morgan fingerprint density at radius 1 is 1.19 bits per heavy atom. The van der Waals surface area contributed by atoms with Crippen LogP contribution in [0.1, 0.15) is 33.6 Å². The molecule has 0 aliphatic heterocycles. The molecule has 3 aromatic rings. The van der Waals surface area contributed by atoms with Crippen molar-refractivity contribution in [3.63, 3.8) is 0 Å². The Labute approximate surface area is 223 Å². The van der Waals surface area contributed by atoms with E-state index in [4.69, 9.17) is 37.4 Å². The Balaban J connectivity index is 1.55. The molecule has 1 amide bonds. The van der Waals surface area contributed by atoms with Crippen molar-refractivity contribution >= 4 is 51.7 Å². The highest BCUT2D eigenvalue weighted by Crippen LogP contribution is 2.39. The van der Waals surface area contributed by atoms with E-state index < -0.39 is 17.5 Å². The number of hydrogen-bond acceptors (Lipinski definition) is 8. The Morgan fingerprint density at radius 2 is 1.95 bits per heavy atom. The summed E-state index contributed by atoms with van der Waals surface area (Å²) in [5.74, 6) is 0.391. The Bertz CT molecular complexity index is 1300. The van der Waals surface area contributed by atoms with Gasteiger partial charge < -0.3 is 30.0 Å². The Kier molecular flexibility index (Phi) is 8.11. The fourth-order valence-corrected chi connectivity index (χ4v) is 4.02. The van der Waals surface area contributed by atoms with Crippen LogP contribution < -0.4 is 20.1 Å². The molecule has 0 atom stereocenters. The summed E-state index contributed by atoms with van der Waals surface area (Å²) in [6, 6.07) is 6.20. The highest BCUT2D eigenvalue weighted by Gasteiger charge is 2.34. The molecule has 0 spiro atoms. The molecule has 1 aromatic heterocycles. The standard InChI is InChI=1S/C25H27Cl2FN4O5/c1-25(2,3)37-24(34)31-13-8-14(9-13)36-20-10-15-18(11-19(20)35-7-6-33)29-12-30-23(15)32-17-5-4-16(26)21(27)22(17)28/h4-5,10-14,33H,6-9H2,1-3H3,(H,31,34)(H,29,30,32). The summed E-state index contributed by atoms with van der Waals surface area (Å²) in [4.78, 5) is 20.6. The summed E-state index contributed by atoms with van der Waals surface area (Å²) in [6.45, 7) is 5.27. The van der Waals surface area contributed by atoms with Crippen molar-refractivity contribution in [2.75, 3.05) is 18.5 Å². The molecule has 2 aromatic carbocycles. The first-order valence-corrected chi connectivity index (χ1v) is 12.4. The van der Waals surface area contributed by atoms with Crippen molar-refractivity contribution in [2.24, 2.45) is 0 Å². The molecule has 1 aliphatic rings. The summed E-state index contributed by atoms with van der Waals surface area (Å²) in [5.41, 5.74) is 0.0193. The van der Waals surface area contributed by atoms with Crippen LogP contribution >= 0.6 is 23.2 Å². The summed E-state index contributed by atoms with van der Waals surface area (Å²) in [5, 5.41) is 15.4. The zero-order valence-corrected chi connectivity index (χ0v) is 22.0. The van der Waals surface area contributed by atoms with Gasteiger partial charge in [-0.05, 0) is 39.0 Å². The highest BCUT2D eigenvalue weighted by molar-refractivity contribution is 6.42. The number of halogens is 3. The number of anilines is 2. The SMILES string of the molecule is CC(C)(C)OC(=O)NC1CC(Oc2cc3c(Nc4ccc(Cl)c(Cl)c4F)ncnc3cc2OCCO)C1. The quantitative estimate of drug-likeness (QED) is 0.308. The number of nitrogens with one attached hydrogen (secondary N) is 2. The second-order valence-electron chi connectivity index (χ2n) is 9.51. The van der Waals surface area contributed by atoms with Gasteiger partial charge in [-0.3, -0.25) is 0 Å². The van der Waals surface area contributed by atoms with Gasteiger partial charge in [-0.2, -0.15) is 0 Å². The number of carbonyl (C=O) groups excluding carboxylic acids is 1. The molecule has 1 saturated carbocycles. The second-order valence-corrected chi connectivity index (χ2v) is 10.3. The number of carbonyl (C=O) groups is 1. The maximum atomic E-state index is 14.6. The zero-order chi connectivity index (χ0) is 26.7. The lowest BCUT2D eigenvalue weighted by atomic mass is 9.89. The maximum Gasteiger partial charge on any atom is 0.407 e. The summed E-state index contributed by atoms with van der Waals surface area (Å²) in [6.07, 6.45) is 1.80. The Hall–Kier alpha value is -3.08. The van der Waals surface area contributed by atoms with E-state index in [0.29, 0.717) is 41.1 Å². The molecule has 0 radical (unpaired) electrons. The highest BCUT2D eigenvalue weighted by atomic mass is 35.5. The average Bonchev–Trinajstić information content (AvgIpc) is 2.80. The first kappa shape index (κ1) is 27.0.